The largest absolute Gasteiger partial charge is 0.349 e. The molecular weight excluding hydrogens is 497 g/mol. The van der Waals surface area contributed by atoms with Crippen molar-refractivity contribution in [3.63, 3.8) is 0 Å². The van der Waals surface area contributed by atoms with Crippen LogP contribution in [0.1, 0.15) is 60.0 Å². The molecule has 1 aromatic heterocycles. The lowest BCUT2D eigenvalue weighted by Crippen LogP contribution is -2.32. The number of nitrogens with one attached hydrogen (secondary N) is 2. The molecule has 0 fully saturated rings. The summed E-state index contributed by atoms with van der Waals surface area (Å²) in [6.45, 7) is 0. The maximum absolute atomic E-state index is 12.6. The molecule has 0 spiro atoms. The van der Waals surface area contributed by atoms with E-state index in [-0.39, 0.29) is 23.9 Å². The van der Waals surface area contributed by atoms with E-state index in [4.69, 9.17) is 0 Å². The third kappa shape index (κ3) is 6.26. The Balaban J connectivity index is 1.07. The summed E-state index contributed by atoms with van der Waals surface area (Å²) < 4.78 is 1.49. The van der Waals surface area contributed by atoms with Gasteiger partial charge >= 0.3 is 0 Å². The fourth-order valence-corrected chi connectivity index (χ4v) is 7.49. The molecule has 1 heterocycles. The third-order valence-electron chi connectivity index (χ3n) is 6.45. The Morgan fingerprint density at radius 2 is 1.23 bits per heavy atom. The predicted molar refractivity (Wildman–Crippen MR) is 142 cm³/mol. The van der Waals surface area contributed by atoms with Crippen LogP contribution < -0.4 is 10.6 Å². The fourth-order valence-electron chi connectivity index (χ4n) is 4.85. The number of aryl methyl sites for hydroxylation is 2. The second-order valence-electron chi connectivity index (χ2n) is 8.83. The van der Waals surface area contributed by atoms with Crippen LogP contribution in [0.25, 0.3) is 0 Å². The first-order chi connectivity index (χ1) is 17.2. The van der Waals surface area contributed by atoms with Gasteiger partial charge in [-0.05, 0) is 60.8 Å². The van der Waals surface area contributed by atoms with Crippen LogP contribution >= 0.6 is 34.9 Å². The first-order valence-electron chi connectivity index (χ1n) is 12.0. The Hall–Kier alpha value is -2.36. The summed E-state index contributed by atoms with van der Waals surface area (Å²) in [4.78, 5) is 25.1. The van der Waals surface area contributed by atoms with Crippen molar-refractivity contribution in [1.82, 2.24) is 20.8 Å². The van der Waals surface area contributed by atoms with Crippen molar-refractivity contribution in [1.29, 1.82) is 0 Å². The highest BCUT2D eigenvalue weighted by atomic mass is 32.2. The highest BCUT2D eigenvalue weighted by molar-refractivity contribution is 8.03. The SMILES string of the molecule is O=C(CSc1nnc(SCC(=O)NC2CCCc3ccccc32)s1)NC1CCCc2ccccc21. The Kier molecular flexibility index (Phi) is 8.06. The lowest BCUT2D eigenvalue weighted by molar-refractivity contribution is -0.120. The number of carbonyl (C=O) groups is 2. The normalized spacial score (nSPS) is 18.9. The summed E-state index contributed by atoms with van der Waals surface area (Å²) >= 11 is 4.22. The molecule has 2 aliphatic carbocycles. The molecule has 2 N–H and O–H groups in total. The minimum Gasteiger partial charge on any atom is -0.349 e. The molecule has 0 radical (unpaired) electrons. The lowest BCUT2D eigenvalue weighted by atomic mass is 9.88. The summed E-state index contributed by atoms with van der Waals surface area (Å²) in [6.07, 6.45) is 6.28. The van der Waals surface area contributed by atoms with Gasteiger partial charge in [-0.2, -0.15) is 0 Å². The molecule has 35 heavy (non-hydrogen) atoms. The van der Waals surface area contributed by atoms with Gasteiger partial charge in [-0.15, -0.1) is 10.2 Å². The second kappa shape index (κ2) is 11.6. The number of hydrogen-bond acceptors (Lipinski definition) is 7. The Morgan fingerprint density at radius 1 is 0.771 bits per heavy atom. The number of fused-ring (bicyclic) bond motifs is 2. The summed E-state index contributed by atoms with van der Waals surface area (Å²) in [5, 5.41) is 14.7. The van der Waals surface area contributed by atoms with Gasteiger partial charge in [-0.3, -0.25) is 9.59 Å². The molecule has 2 aliphatic rings. The number of amides is 2. The molecule has 2 amide bonds. The number of benzene rings is 2. The van der Waals surface area contributed by atoms with Gasteiger partial charge in [-0.1, -0.05) is 83.4 Å². The topological polar surface area (TPSA) is 84.0 Å². The van der Waals surface area contributed by atoms with Crippen molar-refractivity contribution in [3.8, 4) is 0 Å². The lowest BCUT2D eigenvalue weighted by Gasteiger charge is -2.26. The number of hydrogen-bond donors (Lipinski definition) is 2. The van der Waals surface area contributed by atoms with Crippen LogP contribution in [0.3, 0.4) is 0 Å². The summed E-state index contributed by atoms with van der Waals surface area (Å²) in [5.41, 5.74) is 5.14. The van der Waals surface area contributed by atoms with Crippen LogP contribution in [0.2, 0.25) is 0 Å². The van der Waals surface area contributed by atoms with Gasteiger partial charge in [-0.25, -0.2) is 0 Å². The van der Waals surface area contributed by atoms with E-state index in [1.807, 2.05) is 12.1 Å². The second-order valence-corrected chi connectivity index (χ2v) is 12.3. The molecule has 0 bridgehead atoms. The van der Waals surface area contributed by atoms with Crippen molar-refractivity contribution >= 4 is 46.7 Å². The smallest absolute Gasteiger partial charge is 0.230 e. The van der Waals surface area contributed by atoms with Gasteiger partial charge in [0, 0.05) is 0 Å². The molecule has 5 rings (SSSR count). The van der Waals surface area contributed by atoms with Crippen LogP contribution in [0.5, 0.6) is 0 Å². The van der Waals surface area contributed by atoms with Crippen molar-refractivity contribution in [3.05, 3.63) is 70.8 Å². The van der Waals surface area contributed by atoms with Crippen LogP contribution in [0.15, 0.2) is 57.2 Å². The zero-order chi connectivity index (χ0) is 24.0. The monoisotopic (exact) mass is 524 g/mol. The maximum atomic E-state index is 12.6. The van der Waals surface area contributed by atoms with E-state index in [2.05, 4.69) is 57.2 Å². The molecule has 2 unspecified atom stereocenters. The summed E-state index contributed by atoms with van der Waals surface area (Å²) in [6, 6.07) is 16.9. The Bertz CT molecular complexity index is 1110. The van der Waals surface area contributed by atoms with Crippen molar-refractivity contribution < 1.29 is 9.59 Å². The number of nitrogens with zero attached hydrogens (tertiary/aromatic N) is 2. The van der Waals surface area contributed by atoms with Crippen molar-refractivity contribution in [2.45, 2.75) is 59.3 Å². The third-order valence-corrected chi connectivity index (χ3v) is 9.64. The van der Waals surface area contributed by atoms with E-state index in [0.29, 0.717) is 11.5 Å². The van der Waals surface area contributed by atoms with Gasteiger partial charge in [0.1, 0.15) is 0 Å². The highest BCUT2D eigenvalue weighted by Crippen LogP contribution is 2.32. The number of thioether (sulfide) groups is 2. The van der Waals surface area contributed by atoms with E-state index in [1.165, 1.54) is 57.1 Å². The predicted octanol–water partition coefficient (Wildman–Crippen LogP) is 5.11. The summed E-state index contributed by atoms with van der Waals surface area (Å²) in [7, 11) is 0. The van der Waals surface area contributed by atoms with Crippen LogP contribution in [-0.2, 0) is 22.4 Å². The molecule has 0 saturated heterocycles. The highest BCUT2D eigenvalue weighted by Gasteiger charge is 2.23. The molecule has 2 atom stereocenters. The number of aromatic nitrogens is 2. The summed E-state index contributed by atoms with van der Waals surface area (Å²) in [5.74, 6) is 0.625. The van der Waals surface area contributed by atoms with Crippen LogP contribution in [-0.4, -0.2) is 33.5 Å². The molecule has 0 aliphatic heterocycles. The first-order valence-corrected chi connectivity index (χ1v) is 14.8. The molecule has 3 aromatic rings. The average Bonchev–Trinajstić information content (AvgIpc) is 3.35. The molecular formula is C26H28N4O2S3. The Labute approximate surface area is 218 Å². The van der Waals surface area contributed by atoms with E-state index >= 15 is 0 Å². The van der Waals surface area contributed by atoms with E-state index in [9.17, 15) is 9.59 Å². The quantitative estimate of drug-likeness (QED) is 0.399. The van der Waals surface area contributed by atoms with Crippen molar-refractivity contribution in [2.75, 3.05) is 11.5 Å². The van der Waals surface area contributed by atoms with Crippen molar-refractivity contribution in [2.24, 2.45) is 0 Å². The van der Waals surface area contributed by atoms with Gasteiger partial charge in [0.25, 0.3) is 0 Å². The molecule has 6 nitrogen and oxygen atoms in total. The standard InChI is InChI=1S/C26H28N4O2S3/c31-23(27-21-13-5-9-17-7-1-3-11-19(17)21)15-33-25-29-30-26(35-25)34-16-24(32)28-22-14-6-10-18-8-2-4-12-20(18)22/h1-4,7-8,11-12,21-22H,5-6,9-10,13-16H2,(H,27,31)(H,28,32). The first kappa shape index (κ1) is 24.3. The molecule has 0 saturated carbocycles. The van der Waals surface area contributed by atoms with Crippen LogP contribution in [0, 0.1) is 0 Å². The van der Waals surface area contributed by atoms with Gasteiger partial charge < -0.3 is 10.6 Å². The van der Waals surface area contributed by atoms with E-state index < -0.39 is 0 Å². The minimum atomic E-state index is 0.00764. The van der Waals surface area contributed by atoms with Gasteiger partial charge in [0.05, 0.1) is 23.6 Å². The fraction of sp³-hybridized carbons (Fsp3) is 0.385. The Morgan fingerprint density at radius 3 is 1.71 bits per heavy atom. The number of rotatable bonds is 8. The van der Waals surface area contributed by atoms with Gasteiger partial charge in [0.15, 0.2) is 8.68 Å². The zero-order valence-electron chi connectivity index (χ0n) is 19.4. The van der Waals surface area contributed by atoms with Crippen LogP contribution in [0.4, 0.5) is 0 Å². The molecule has 9 heteroatoms. The number of carbonyl (C=O) groups excluding carboxylic acids is 2. The van der Waals surface area contributed by atoms with E-state index in [0.717, 1.165) is 47.2 Å². The molecule has 182 valence electrons. The van der Waals surface area contributed by atoms with Gasteiger partial charge in [0.2, 0.25) is 11.8 Å². The maximum Gasteiger partial charge on any atom is 0.230 e. The average molecular weight is 525 g/mol. The zero-order valence-corrected chi connectivity index (χ0v) is 21.8. The molecule has 2 aromatic carbocycles. The van der Waals surface area contributed by atoms with E-state index in [1.54, 1.807) is 0 Å². The minimum absolute atomic E-state index is 0.00764.